The third-order valence-electron chi connectivity index (χ3n) is 5.62. The molecule has 0 amide bonds. The van der Waals surface area contributed by atoms with Crippen LogP contribution in [0.1, 0.15) is 21.5 Å². The first kappa shape index (κ1) is 18.9. The van der Waals surface area contributed by atoms with E-state index in [4.69, 9.17) is 4.42 Å². The van der Waals surface area contributed by atoms with Crippen LogP contribution >= 0.6 is 0 Å². The van der Waals surface area contributed by atoms with E-state index in [0.717, 1.165) is 28.3 Å². The number of carbonyl (C=O) groups is 1. The molecule has 3 aromatic carbocycles. The SMILES string of the molecule is Cn1c(-c2cc3ccc(Cc4ccccc4)cc3oc2=O)cc2cc(C(=O)O)ccc21. The highest BCUT2D eigenvalue weighted by Crippen LogP contribution is 2.28. The van der Waals surface area contributed by atoms with Crippen LogP contribution in [0.5, 0.6) is 0 Å². The molecule has 0 bridgehead atoms. The van der Waals surface area contributed by atoms with Crippen LogP contribution in [0.4, 0.5) is 0 Å². The van der Waals surface area contributed by atoms with Crippen LogP contribution in [0, 0.1) is 0 Å². The lowest BCUT2D eigenvalue weighted by molar-refractivity contribution is 0.0697. The molecular formula is C26H19NO4. The monoisotopic (exact) mass is 409 g/mol. The summed E-state index contributed by atoms with van der Waals surface area (Å²) in [7, 11) is 1.85. The standard InChI is InChI=1S/C26H19NO4/c1-27-22-10-9-19(25(28)29)13-20(22)15-23(27)21-14-18-8-7-17(12-24(18)31-26(21)30)11-16-5-3-2-4-6-16/h2-10,12-15H,11H2,1H3,(H,28,29). The van der Waals surface area contributed by atoms with Crippen LogP contribution < -0.4 is 5.63 Å². The van der Waals surface area contributed by atoms with Gasteiger partial charge in [-0.1, -0.05) is 42.5 Å². The lowest BCUT2D eigenvalue weighted by Crippen LogP contribution is -2.05. The number of carboxylic acid groups (broad SMARTS) is 1. The van der Waals surface area contributed by atoms with Crippen molar-refractivity contribution in [3.8, 4) is 11.3 Å². The lowest BCUT2D eigenvalue weighted by Gasteiger charge is -2.07. The van der Waals surface area contributed by atoms with Crippen molar-refractivity contribution in [3.05, 3.63) is 106 Å². The fraction of sp³-hybridized carbons (Fsp3) is 0.0769. The van der Waals surface area contributed by atoms with Crippen molar-refractivity contribution in [2.24, 2.45) is 7.05 Å². The van der Waals surface area contributed by atoms with Crippen molar-refractivity contribution in [1.29, 1.82) is 0 Å². The van der Waals surface area contributed by atoms with Gasteiger partial charge in [-0.2, -0.15) is 0 Å². The third-order valence-corrected chi connectivity index (χ3v) is 5.62. The van der Waals surface area contributed by atoms with Gasteiger partial charge in [0.05, 0.1) is 16.8 Å². The number of benzene rings is 3. The second-order valence-corrected chi connectivity index (χ2v) is 7.65. The molecule has 1 N–H and O–H groups in total. The maximum Gasteiger partial charge on any atom is 0.345 e. The highest BCUT2D eigenvalue weighted by atomic mass is 16.4. The molecule has 0 saturated heterocycles. The number of aromatic carboxylic acids is 1. The average molecular weight is 409 g/mol. The Kier molecular flexibility index (Phi) is 4.44. The summed E-state index contributed by atoms with van der Waals surface area (Å²) in [5.41, 5.74) is 4.57. The summed E-state index contributed by atoms with van der Waals surface area (Å²) in [5.74, 6) is -0.983. The van der Waals surface area contributed by atoms with Gasteiger partial charge in [-0.3, -0.25) is 0 Å². The molecule has 0 saturated carbocycles. The molecule has 5 aromatic rings. The van der Waals surface area contributed by atoms with Crippen LogP contribution in [-0.2, 0) is 13.5 Å². The van der Waals surface area contributed by atoms with E-state index in [2.05, 4.69) is 12.1 Å². The van der Waals surface area contributed by atoms with Gasteiger partial charge >= 0.3 is 11.6 Å². The molecular weight excluding hydrogens is 390 g/mol. The molecule has 0 radical (unpaired) electrons. The maximum absolute atomic E-state index is 12.8. The highest BCUT2D eigenvalue weighted by Gasteiger charge is 2.15. The predicted octanol–water partition coefficient (Wildman–Crippen LogP) is 5.24. The van der Waals surface area contributed by atoms with Gasteiger partial charge in [0.2, 0.25) is 0 Å². The summed E-state index contributed by atoms with van der Waals surface area (Å²) in [6.07, 6.45) is 0.761. The van der Waals surface area contributed by atoms with Gasteiger partial charge in [0, 0.05) is 23.3 Å². The summed E-state index contributed by atoms with van der Waals surface area (Å²) in [5, 5.41) is 10.8. The number of hydrogen-bond donors (Lipinski definition) is 1. The summed E-state index contributed by atoms with van der Waals surface area (Å²) in [6, 6.07) is 24.6. The van der Waals surface area contributed by atoms with Gasteiger partial charge in [-0.05, 0) is 53.9 Å². The van der Waals surface area contributed by atoms with E-state index in [1.54, 1.807) is 18.2 Å². The Morgan fingerprint density at radius 1 is 0.903 bits per heavy atom. The molecule has 0 aliphatic rings. The van der Waals surface area contributed by atoms with Gasteiger partial charge in [0.1, 0.15) is 5.58 Å². The Morgan fingerprint density at radius 2 is 1.71 bits per heavy atom. The largest absolute Gasteiger partial charge is 0.478 e. The summed E-state index contributed by atoms with van der Waals surface area (Å²) in [6.45, 7) is 0. The fourth-order valence-electron chi connectivity index (χ4n) is 4.02. The van der Waals surface area contributed by atoms with Crippen LogP contribution in [0.25, 0.3) is 33.1 Å². The second kappa shape index (κ2) is 7.29. The summed E-state index contributed by atoms with van der Waals surface area (Å²) < 4.78 is 7.55. The lowest BCUT2D eigenvalue weighted by atomic mass is 10.0. The molecule has 0 aliphatic heterocycles. The molecule has 5 heteroatoms. The molecule has 2 aromatic heterocycles. The molecule has 0 unspecified atom stereocenters. The molecule has 31 heavy (non-hydrogen) atoms. The van der Waals surface area contributed by atoms with E-state index in [1.165, 1.54) is 5.56 Å². The van der Waals surface area contributed by atoms with Crippen molar-refractivity contribution in [2.45, 2.75) is 6.42 Å². The minimum atomic E-state index is -0.983. The Bertz CT molecular complexity index is 1510. The molecule has 0 atom stereocenters. The maximum atomic E-state index is 12.8. The van der Waals surface area contributed by atoms with Gasteiger partial charge in [0.15, 0.2) is 0 Å². The van der Waals surface area contributed by atoms with Crippen molar-refractivity contribution < 1.29 is 14.3 Å². The molecule has 152 valence electrons. The van der Waals surface area contributed by atoms with E-state index < -0.39 is 11.6 Å². The zero-order chi connectivity index (χ0) is 21.5. The fourth-order valence-corrected chi connectivity index (χ4v) is 4.02. The predicted molar refractivity (Wildman–Crippen MR) is 121 cm³/mol. The van der Waals surface area contributed by atoms with E-state index in [9.17, 15) is 14.7 Å². The minimum Gasteiger partial charge on any atom is -0.478 e. The smallest absolute Gasteiger partial charge is 0.345 e. The number of hydrogen-bond acceptors (Lipinski definition) is 3. The number of aryl methyl sites for hydroxylation is 1. The second-order valence-electron chi connectivity index (χ2n) is 7.65. The van der Waals surface area contributed by atoms with Gasteiger partial charge in [-0.25, -0.2) is 9.59 Å². The van der Waals surface area contributed by atoms with Crippen molar-refractivity contribution in [2.75, 3.05) is 0 Å². The zero-order valence-electron chi connectivity index (χ0n) is 16.8. The van der Waals surface area contributed by atoms with Gasteiger partial charge < -0.3 is 14.1 Å². The van der Waals surface area contributed by atoms with Crippen molar-refractivity contribution >= 4 is 27.8 Å². The molecule has 2 heterocycles. The normalized spacial score (nSPS) is 11.3. The van der Waals surface area contributed by atoms with E-state index in [0.29, 0.717) is 16.8 Å². The summed E-state index contributed by atoms with van der Waals surface area (Å²) in [4.78, 5) is 24.1. The zero-order valence-corrected chi connectivity index (χ0v) is 16.8. The number of carboxylic acids is 1. The Hall–Kier alpha value is -4.12. The number of nitrogens with zero attached hydrogens (tertiary/aromatic N) is 1. The van der Waals surface area contributed by atoms with E-state index in [-0.39, 0.29) is 5.56 Å². The van der Waals surface area contributed by atoms with Crippen molar-refractivity contribution in [3.63, 3.8) is 0 Å². The minimum absolute atomic E-state index is 0.209. The van der Waals surface area contributed by atoms with E-state index >= 15 is 0 Å². The van der Waals surface area contributed by atoms with Crippen LogP contribution in [0.3, 0.4) is 0 Å². The van der Waals surface area contributed by atoms with Crippen LogP contribution in [0.2, 0.25) is 0 Å². The number of aromatic nitrogens is 1. The topological polar surface area (TPSA) is 72.4 Å². The third kappa shape index (κ3) is 3.40. The van der Waals surface area contributed by atoms with Crippen molar-refractivity contribution in [1.82, 2.24) is 4.57 Å². The highest BCUT2D eigenvalue weighted by molar-refractivity contribution is 5.96. The van der Waals surface area contributed by atoms with Crippen LogP contribution in [-0.4, -0.2) is 15.6 Å². The van der Waals surface area contributed by atoms with Crippen LogP contribution in [0.15, 0.2) is 88.1 Å². The molecule has 0 aliphatic carbocycles. The Balaban J connectivity index is 1.58. The van der Waals surface area contributed by atoms with E-state index in [1.807, 2.05) is 60.1 Å². The average Bonchev–Trinajstić information content (AvgIpc) is 3.09. The first-order chi connectivity index (χ1) is 15.0. The molecule has 5 rings (SSSR count). The Morgan fingerprint density at radius 3 is 2.48 bits per heavy atom. The number of fused-ring (bicyclic) bond motifs is 2. The first-order valence-electron chi connectivity index (χ1n) is 9.93. The van der Waals surface area contributed by atoms with Gasteiger partial charge in [0.25, 0.3) is 0 Å². The quantitative estimate of drug-likeness (QED) is 0.412. The molecule has 0 spiro atoms. The van der Waals surface area contributed by atoms with Gasteiger partial charge in [-0.15, -0.1) is 0 Å². The summed E-state index contributed by atoms with van der Waals surface area (Å²) >= 11 is 0. The molecule has 5 nitrogen and oxygen atoms in total. The first-order valence-corrected chi connectivity index (χ1v) is 9.93. The number of rotatable bonds is 4. The molecule has 0 fully saturated rings. The Labute approximate surface area is 177 Å².